The van der Waals surface area contributed by atoms with E-state index in [-0.39, 0.29) is 0 Å². The lowest BCUT2D eigenvalue weighted by Crippen LogP contribution is -1.96. The SMILES string of the molecule is Cc1ccc(Nc2ccc(C#N)cc2F)c(C)c1. The van der Waals surface area contributed by atoms with Crippen LogP contribution in [0.25, 0.3) is 0 Å². The van der Waals surface area contributed by atoms with Crippen LogP contribution in [0.2, 0.25) is 0 Å². The van der Waals surface area contributed by atoms with Crippen LogP contribution in [0.5, 0.6) is 0 Å². The van der Waals surface area contributed by atoms with Crippen LogP contribution in [-0.2, 0) is 0 Å². The molecule has 0 aliphatic heterocycles. The Hall–Kier alpha value is -2.34. The Kier molecular flexibility index (Phi) is 3.29. The molecule has 1 N–H and O–H groups in total. The molecule has 0 heterocycles. The van der Waals surface area contributed by atoms with E-state index < -0.39 is 5.82 Å². The van der Waals surface area contributed by atoms with Gasteiger partial charge in [-0.05, 0) is 43.7 Å². The molecular weight excluding hydrogens is 227 g/mol. The quantitative estimate of drug-likeness (QED) is 0.859. The van der Waals surface area contributed by atoms with Crippen LogP contribution in [0.3, 0.4) is 0 Å². The second-order valence-electron chi connectivity index (χ2n) is 4.25. The number of hydrogen-bond donors (Lipinski definition) is 1. The first-order valence-corrected chi connectivity index (χ1v) is 5.64. The van der Waals surface area contributed by atoms with Gasteiger partial charge < -0.3 is 5.32 Å². The van der Waals surface area contributed by atoms with Crippen molar-refractivity contribution in [1.82, 2.24) is 0 Å². The number of aryl methyl sites for hydroxylation is 2. The van der Waals surface area contributed by atoms with Gasteiger partial charge in [0.05, 0.1) is 17.3 Å². The molecule has 2 rings (SSSR count). The van der Waals surface area contributed by atoms with Crippen molar-refractivity contribution in [2.24, 2.45) is 0 Å². The highest BCUT2D eigenvalue weighted by molar-refractivity contribution is 5.64. The smallest absolute Gasteiger partial charge is 0.147 e. The molecule has 3 heteroatoms. The molecule has 90 valence electrons. The van der Waals surface area contributed by atoms with Gasteiger partial charge in [-0.1, -0.05) is 17.7 Å². The van der Waals surface area contributed by atoms with Crippen LogP contribution in [0.1, 0.15) is 16.7 Å². The van der Waals surface area contributed by atoms with E-state index in [1.54, 1.807) is 12.1 Å². The summed E-state index contributed by atoms with van der Waals surface area (Å²) in [5.74, 6) is -0.422. The molecule has 0 amide bonds. The Bertz CT molecular complexity index is 627. The Labute approximate surface area is 106 Å². The van der Waals surface area contributed by atoms with E-state index in [1.165, 1.54) is 11.6 Å². The lowest BCUT2D eigenvalue weighted by atomic mass is 10.1. The normalized spacial score (nSPS) is 9.89. The standard InChI is InChI=1S/C15H13FN2/c1-10-3-5-14(11(2)7-10)18-15-6-4-12(9-17)8-13(15)16/h3-8,18H,1-2H3. The number of nitrogens with one attached hydrogen (secondary N) is 1. The first kappa shape index (κ1) is 12.1. The molecule has 0 unspecified atom stereocenters. The van der Waals surface area contributed by atoms with Crippen LogP contribution in [0.4, 0.5) is 15.8 Å². The molecule has 2 nitrogen and oxygen atoms in total. The fourth-order valence-electron chi connectivity index (χ4n) is 1.78. The zero-order valence-electron chi connectivity index (χ0n) is 10.3. The summed E-state index contributed by atoms with van der Waals surface area (Å²) in [4.78, 5) is 0. The van der Waals surface area contributed by atoms with Crippen molar-refractivity contribution in [2.45, 2.75) is 13.8 Å². The van der Waals surface area contributed by atoms with E-state index in [1.807, 2.05) is 38.1 Å². The minimum atomic E-state index is -0.422. The summed E-state index contributed by atoms with van der Waals surface area (Å²) < 4.78 is 13.7. The molecule has 0 atom stereocenters. The molecule has 18 heavy (non-hydrogen) atoms. The fraction of sp³-hybridized carbons (Fsp3) is 0.133. The molecule has 0 spiro atoms. The summed E-state index contributed by atoms with van der Waals surface area (Å²) in [7, 11) is 0. The van der Waals surface area contributed by atoms with Gasteiger partial charge in [-0.2, -0.15) is 5.26 Å². The van der Waals surface area contributed by atoms with Gasteiger partial charge in [0.1, 0.15) is 5.82 Å². The minimum Gasteiger partial charge on any atom is -0.353 e. The van der Waals surface area contributed by atoms with Gasteiger partial charge in [0.25, 0.3) is 0 Å². The highest BCUT2D eigenvalue weighted by atomic mass is 19.1. The summed E-state index contributed by atoms with van der Waals surface area (Å²) in [6.07, 6.45) is 0. The molecule has 0 aliphatic carbocycles. The molecule has 0 saturated carbocycles. The number of nitrogens with zero attached hydrogens (tertiary/aromatic N) is 1. The van der Waals surface area contributed by atoms with Crippen LogP contribution in [0, 0.1) is 31.0 Å². The van der Waals surface area contributed by atoms with E-state index in [0.29, 0.717) is 11.3 Å². The third-order valence-electron chi connectivity index (χ3n) is 2.75. The van der Waals surface area contributed by atoms with Gasteiger partial charge in [-0.25, -0.2) is 4.39 Å². The lowest BCUT2D eigenvalue weighted by molar-refractivity contribution is 0.631. The average Bonchev–Trinajstić information content (AvgIpc) is 2.34. The molecule has 0 bridgehead atoms. The van der Waals surface area contributed by atoms with Gasteiger partial charge in [0.2, 0.25) is 0 Å². The van der Waals surface area contributed by atoms with Crippen molar-refractivity contribution in [3.63, 3.8) is 0 Å². The number of benzene rings is 2. The van der Waals surface area contributed by atoms with Crippen molar-refractivity contribution >= 4 is 11.4 Å². The summed E-state index contributed by atoms with van der Waals surface area (Å²) in [6.45, 7) is 3.98. The number of nitriles is 1. The zero-order chi connectivity index (χ0) is 13.1. The van der Waals surface area contributed by atoms with Crippen LogP contribution < -0.4 is 5.32 Å². The van der Waals surface area contributed by atoms with Crippen LogP contribution >= 0.6 is 0 Å². The van der Waals surface area contributed by atoms with Crippen LogP contribution in [0.15, 0.2) is 36.4 Å². The van der Waals surface area contributed by atoms with Crippen molar-refractivity contribution in [2.75, 3.05) is 5.32 Å². The number of hydrogen-bond acceptors (Lipinski definition) is 2. The monoisotopic (exact) mass is 240 g/mol. The highest BCUT2D eigenvalue weighted by Crippen LogP contribution is 2.24. The number of halogens is 1. The Balaban J connectivity index is 2.32. The maximum atomic E-state index is 13.7. The van der Waals surface area contributed by atoms with Gasteiger partial charge >= 0.3 is 0 Å². The molecule has 0 aromatic heterocycles. The second kappa shape index (κ2) is 4.89. The van der Waals surface area contributed by atoms with Crippen molar-refractivity contribution in [1.29, 1.82) is 5.26 Å². The van der Waals surface area contributed by atoms with E-state index in [0.717, 1.165) is 11.3 Å². The summed E-state index contributed by atoms with van der Waals surface area (Å²) >= 11 is 0. The largest absolute Gasteiger partial charge is 0.353 e. The van der Waals surface area contributed by atoms with Crippen molar-refractivity contribution < 1.29 is 4.39 Å². The Morgan fingerprint density at radius 3 is 2.39 bits per heavy atom. The molecule has 0 fully saturated rings. The molecule has 2 aromatic carbocycles. The van der Waals surface area contributed by atoms with E-state index in [4.69, 9.17) is 5.26 Å². The first-order chi connectivity index (χ1) is 8.60. The van der Waals surface area contributed by atoms with Gasteiger partial charge in [-0.3, -0.25) is 0 Å². The molecular formula is C15H13FN2. The van der Waals surface area contributed by atoms with Crippen molar-refractivity contribution in [3.8, 4) is 6.07 Å². The highest BCUT2D eigenvalue weighted by Gasteiger charge is 2.05. The average molecular weight is 240 g/mol. The Morgan fingerprint density at radius 1 is 1.06 bits per heavy atom. The zero-order valence-corrected chi connectivity index (χ0v) is 10.3. The van der Waals surface area contributed by atoms with E-state index >= 15 is 0 Å². The topological polar surface area (TPSA) is 35.8 Å². The summed E-state index contributed by atoms with van der Waals surface area (Å²) in [5, 5.41) is 11.7. The minimum absolute atomic E-state index is 0.318. The first-order valence-electron chi connectivity index (χ1n) is 5.64. The van der Waals surface area contributed by atoms with Gasteiger partial charge in [0, 0.05) is 5.69 Å². The van der Waals surface area contributed by atoms with Crippen molar-refractivity contribution in [3.05, 3.63) is 58.9 Å². The van der Waals surface area contributed by atoms with Gasteiger partial charge in [-0.15, -0.1) is 0 Å². The molecule has 2 aromatic rings. The summed E-state index contributed by atoms with van der Waals surface area (Å²) in [5.41, 5.74) is 3.78. The Morgan fingerprint density at radius 2 is 1.78 bits per heavy atom. The third kappa shape index (κ3) is 2.49. The van der Waals surface area contributed by atoms with Gasteiger partial charge in [0.15, 0.2) is 0 Å². The molecule has 0 saturated heterocycles. The second-order valence-corrected chi connectivity index (χ2v) is 4.25. The molecule has 0 aliphatic rings. The number of rotatable bonds is 2. The fourth-order valence-corrected chi connectivity index (χ4v) is 1.78. The maximum Gasteiger partial charge on any atom is 0.147 e. The predicted molar refractivity (Wildman–Crippen MR) is 70.3 cm³/mol. The third-order valence-corrected chi connectivity index (χ3v) is 2.75. The van der Waals surface area contributed by atoms with Crippen LogP contribution in [-0.4, -0.2) is 0 Å². The van der Waals surface area contributed by atoms with E-state index in [2.05, 4.69) is 5.32 Å². The maximum absolute atomic E-state index is 13.7. The molecule has 0 radical (unpaired) electrons. The lowest BCUT2D eigenvalue weighted by Gasteiger charge is -2.11. The van der Waals surface area contributed by atoms with E-state index in [9.17, 15) is 4.39 Å². The number of anilines is 2. The summed E-state index contributed by atoms with van der Waals surface area (Å²) in [6, 6.07) is 12.2. The predicted octanol–water partition coefficient (Wildman–Crippen LogP) is 4.06.